The number of hydrogen-bond acceptors (Lipinski definition) is 6. The van der Waals surface area contributed by atoms with E-state index in [0.29, 0.717) is 12.4 Å². The standard InChI is InChI=1S/C10H14N4O2S2/c1-14(2)18(15,16)6-4-11-9-8-3-5-17-10(8)13-7-12-9/h3,5,7H,4,6H2,1-2H3,(H,11,12,13). The van der Waals surface area contributed by atoms with E-state index >= 15 is 0 Å². The molecule has 98 valence electrons. The van der Waals surface area contributed by atoms with Crippen molar-refractivity contribution in [2.24, 2.45) is 0 Å². The molecule has 0 atom stereocenters. The summed E-state index contributed by atoms with van der Waals surface area (Å²) in [4.78, 5) is 9.14. The predicted octanol–water partition coefficient (Wildman–Crippen LogP) is 0.995. The molecule has 0 aliphatic rings. The molecule has 2 rings (SSSR count). The molecule has 0 amide bonds. The Morgan fingerprint density at radius 2 is 2.17 bits per heavy atom. The fraction of sp³-hybridized carbons (Fsp3) is 0.400. The first-order valence-electron chi connectivity index (χ1n) is 5.33. The summed E-state index contributed by atoms with van der Waals surface area (Å²) in [6.07, 6.45) is 1.47. The number of rotatable bonds is 5. The molecule has 2 aromatic rings. The minimum atomic E-state index is -3.18. The van der Waals surface area contributed by atoms with E-state index in [1.165, 1.54) is 36.1 Å². The first-order chi connectivity index (χ1) is 8.50. The van der Waals surface area contributed by atoms with Gasteiger partial charge in [-0.3, -0.25) is 0 Å². The zero-order chi connectivity index (χ0) is 13.2. The lowest BCUT2D eigenvalue weighted by atomic mass is 10.4. The van der Waals surface area contributed by atoms with Crippen molar-refractivity contribution < 1.29 is 8.42 Å². The van der Waals surface area contributed by atoms with Crippen LogP contribution < -0.4 is 5.32 Å². The fourth-order valence-electron chi connectivity index (χ4n) is 1.41. The van der Waals surface area contributed by atoms with Crippen LogP contribution in [-0.2, 0) is 10.0 Å². The summed E-state index contributed by atoms with van der Waals surface area (Å²) >= 11 is 1.53. The molecule has 0 aliphatic heterocycles. The molecule has 1 N–H and O–H groups in total. The summed E-state index contributed by atoms with van der Waals surface area (Å²) in [7, 11) is -0.128. The molecule has 0 bridgehead atoms. The van der Waals surface area contributed by atoms with Gasteiger partial charge < -0.3 is 5.32 Å². The SMILES string of the molecule is CN(C)S(=O)(=O)CCNc1ncnc2sccc12. The minimum absolute atomic E-state index is 0.0373. The lowest BCUT2D eigenvalue weighted by Crippen LogP contribution is -2.28. The summed E-state index contributed by atoms with van der Waals surface area (Å²) in [5.41, 5.74) is 0. The quantitative estimate of drug-likeness (QED) is 0.887. The highest BCUT2D eigenvalue weighted by molar-refractivity contribution is 7.89. The number of nitrogens with zero attached hydrogens (tertiary/aromatic N) is 3. The second-order valence-electron chi connectivity index (χ2n) is 3.89. The molecular formula is C10H14N4O2S2. The van der Waals surface area contributed by atoms with Gasteiger partial charge in [0.1, 0.15) is 17.0 Å². The number of sulfonamides is 1. The van der Waals surface area contributed by atoms with Crippen LogP contribution in [0.3, 0.4) is 0 Å². The summed E-state index contributed by atoms with van der Waals surface area (Å²) in [5.74, 6) is 0.713. The van der Waals surface area contributed by atoms with E-state index in [9.17, 15) is 8.42 Å². The van der Waals surface area contributed by atoms with Gasteiger partial charge in [-0.2, -0.15) is 0 Å². The first kappa shape index (κ1) is 13.2. The van der Waals surface area contributed by atoms with Crippen molar-refractivity contribution in [1.82, 2.24) is 14.3 Å². The van der Waals surface area contributed by atoms with E-state index in [0.717, 1.165) is 10.2 Å². The van der Waals surface area contributed by atoms with Crippen molar-refractivity contribution in [3.63, 3.8) is 0 Å². The van der Waals surface area contributed by atoms with E-state index in [2.05, 4.69) is 15.3 Å². The predicted molar refractivity (Wildman–Crippen MR) is 73.4 cm³/mol. The van der Waals surface area contributed by atoms with Crippen molar-refractivity contribution in [2.45, 2.75) is 0 Å². The average Bonchev–Trinajstić information content (AvgIpc) is 2.77. The fourth-order valence-corrected chi connectivity index (χ4v) is 2.87. The highest BCUT2D eigenvalue weighted by atomic mass is 32.2. The van der Waals surface area contributed by atoms with Gasteiger partial charge in [-0.15, -0.1) is 11.3 Å². The lowest BCUT2D eigenvalue weighted by molar-refractivity contribution is 0.521. The van der Waals surface area contributed by atoms with Crippen LogP contribution in [0.2, 0.25) is 0 Å². The van der Waals surface area contributed by atoms with Crippen LogP contribution in [0.25, 0.3) is 10.2 Å². The van der Waals surface area contributed by atoms with Gasteiger partial charge in [-0.1, -0.05) is 0 Å². The van der Waals surface area contributed by atoms with E-state index < -0.39 is 10.0 Å². The Labute approximate surface area is 110 Å². The molecule has 0 saturated heterocycles. The van der Waals surface area contributed by atoms with E-state index in [4.69, 9.17) is 0 Å². The Morgan fingerprint density at radius 1 is 1.39 bits per heavy atom. The highest BCUT2D eigenvalue weighted by Gasteiger charge is 2.13. The second-order valence-corrected chi connectivity index (χ2v) is 7.08. The third-order valence-corrected chi connectivity index (χ3v) is 5.12. The van der Waals surface area contributed by atoms with E-state index in [-0.39, 0.29) is 5.75 Å². The molecule has 6 nitrogen and oxygen atoms in total. The van der Waals surface area contributed by atoms with Gasteiger partial charge in [0, 0.05) is 20.6 Å². The van der Waals surface area contributed by atoms with Crippen molar-refractivity contribution in [3.8, 4) is 0 Å². The molecule has 18 heavy (non-hydrogen) atoms. The van der Waals surface area contributed by atoms with Crippen molar-refractivity contribution in [1.29, 1.82) is 0 Å². The molecule has 0 radical (unpaired) electrons. The topological polar surface area (TPSA) is 75.2 Å². The maximum absolute atomic E-state index is 11.6. The monoisotopic (exact) mass is 286 g/mol. The van der Waals surface area contributed by atoms with Gasteiger partial charge in [-0.05, 0) is 11.4 Å². The largest absolute Gasteiger partial charge is 0.368 e. The van der Waals surface area contributed by atoms with Gasteiger partial charge >= 0.3 is 0 Å². The maximum Gasteiger partial charge on any atom is 0.215 e. The van der Waals surface area contributed by atoms with Crippen LogP contribution in [0.1, 0.15) is 0 Å². The van der Waals surface area contributed by atoms with Gasteiger partial charge in [0.2, 0.25) is 10.0 Å². The van der Waals surface area contributed by atoms with Gasteiger partial charge in [0.05, 0.1) is 11.1 Å². The van der Waals surface area contributed by atoms with Gasteiger partial charge in [0.25, 0.3) is 0 Å². The number of thiophene rings is 1. The van der Waals surface area contributed by atoms with Crippen LogP contribution in [0, 0.1) is 0 Å². The Morgan fingerprint density at radius 3 is 2.89 bits per heavy atom. The van der Waals surface area contributed by atoms with Gasteiger partial charge in [-0.25, -0.2) is 22.7 Å². The molecule has 0 unspecified atom stereocenters. The second kappa shape index (κ2) is 5.17. The van der Waals surface area contributed by atoms with Crippen LogP contribution in [0.15, 0.2) is 17.8 Å². The number of aromatic nitrogens is 2. The molecule has 0 saturated carbocycles. The molecular weight excluding hydrogens is 272 g/mol. The summed E-state index contributed by atoms with van der Waals surface area (Å²) in [5, 5.41) is 5.89. The minimum Gasteiger partial charge on any atom is -0.368 e. The number of fused-ring (bicyclic) bond motifs is 1. The maximum atomic E-state index is 11.6. The Kier molecular flexibility index (Phi) is 3.79. The Balaban J connectivity index is 2.05. The molecule has 8 heteroatoms. The highest BCUT2D eigenvalue weighted by Crippen LogP contribution is 2.23. The number of anilines is 1. The van der Waals surface area contributed by atoms with Crippen LogP contribution in [0.5, 0.6) is 0 Å². The van der Waals surface area contributed by atoms with E-state index in [1.54, 1.807) is 0 Å². The molecule has 0 spiro atoms. The molecule has 0 aromatic carbocycles. The number of nitrogens with one attached hydrogen (secondary N) is 1. The zero-order valence-corrected chi connectivity index (χ0v) is 11.8. The molecule has 0 aliphatic carbocycles. The molecule has 0 fully saturated rings. The molecule has 2 heterocycles. The number of hydrogen-bond donors (Lipinski definition) is 1. The Hall–Kier alpha value is -1.25. The Bertz CT molecular complexity index is 636. The first-order valence-corrected chi connectivity index (χ1v) is 7.82. The van der Waals surface area contributed by atoms with Gasteiger partial charge in [0.15, 0.2) is 0 Å². The van der Waals surface area contributed by atoms with Crippen LogP contribution >= 0.6 is 11.3 Å². The summed E-state index contributed by atoms with van der Waals surface area (Å²) < 4.78 is 24.4. The lowest BCUT2D eigenvalue weighted by Gasteiger charge is -2.11. The average molecular weight is 286 g/mol. The third kappa shape index (κ3) is 2.77. The smallest absolute Gasteiger partial charge is 0.215 e. The van der Waals surface area contributed by atoms with Crippen molar-refractivity contribution in [2.75, 3.05) is 31.7 Å². The molecule has 2 aromatic heterocycles. The van der Waals surface area contributed by atoms with Crippen molar-refractivity contribution >= 4 is 37.4 Å². The van der Waals surface area contributed by atoms with Crippen LogP contribution in [-0.4, -0.2) is 49.1 Å². The third-order valence-electron chi connectivity index (χ3n) is 2.47. The van der Waals surface area contributed by atoms with E-state index in [1.807, 2.05) is 11.4 Å². The zero-order valence-electron chi connectivity index (χ0n) is 10.1. The summed E-state index contributed by atoms with van der Waals surface area (Å²) in [6, 6.07) is 1.92. The summed E-state index contributed by atoms with van der Waals surface area (Å²) in [6.45, 7) is 0.322. The van der Waals surface area contributed by atoms with Crippen molar-refractivity contribution in [3.05, 3.63) is 17.8 Å². The normalized spacial score (nSPS) is 12.2. The van der Waals surface area contributed by atoms with Crippen LogP contribution in [0.4, 0.5) is 5.82 Å².